The summed E-state index contributed by atoms with van der Waals surface area (Å²) in [6.07, 6.45) is -3.42. The number of nitrogens with zero attached hydrogens (tertiary/aromatic N) is 1. The Hall–Kier alpha value is -1.98. The van der Waals surface area contributed by atoms with E-state index in [-0.39, 0.29) is 12.0 Å². The first kappa shape index (κ1) is 14.4. The van der Waals surface area contributed by atoms with Gasteiger partial charge in [-0.05, 0) is 42.3 Å². The molecule has 0 amide bonds. The van der Waals surface area contributed by atoms with Gasteiger partial charge >= 0.3 is 6.18 Å². The fourth-order valence-corrected chi connectivity index (χ4v) is 1.86. The molecule has 1 aromatic carbocycles. The molecule has 0 saturated carbocycles. The molecule has 0 atom stereocenters. The highest BCUT2D eigenvalue weighted by molar-refractivity contribution is 5.31. The number of hydrogen-bond acceptors (Lipinski definition) is 1. The van der Waals surface area contributed by atoms with Gasteiger partial charge in [-0.1, -0.05) is 0 Å². The Bertz CT molecular complexity index is 634. The summed E-state index contributed by atoms with van der Waals surface area (Å²) < 4.78 is 64.2. The lowest BCUT2D eigenvalue weighted by Crippen LogP contribution is -2.11. The first-order valence-electron chi connectivity index (χ1n) is 5.74. The molecule has 1 nitrogen and oxygen atoms in total. The van der Waals surface area contributed by atoms with Crippen molar-refractivity contribution in [2.45, 2.75) is 19.5 Å². The molecule has 0 saturated heterocycles. The standard InChI is InChI=1S/C14H10F5N/c1-8-2-3-20-10(4-8)5-9-6-11(14(17,18)19)13(16)12(15)7-9/h2-4,6-7H,5H2,1H3. The third kappa shape index (κ3) is 3.12. The number of alkyl halides is 3. The van der Waals surface area contributed by atoms with Gasteiger partial charge in [-0.15, -0.1) is 0 Å². The van der Waals surface area contributed by atoms with E-state index in [0.717, 1.165) is 11.6 Å². The fraction of sp³-hybridized carbons (Fsp3) is 0.214. The van der Waals surface area contributed by atoms with E-state index in [0.29, 0.717) is 11.8 Å². The van der Waals surface area contributed by atoms with Gasteiger partial charge < -0.3 is 0 Å². The molecule has 1 heterocycles. The second-order valence-corrected chi connectivity index (χ2v) is 4.44. The Balaban J connectivity index is 2.41. The van der Waals surface area contributed by atoms with Crippen LogP contribution in [0.1, 0.15) is 22.4 Å². The maximum absolute atomic E-state index is 13.3. The first-order chi connectivity index (χ1) is 9.27. The minimum Gasteiger partial charge on any atom is -0.261 e. The van der Waals surface area contributed by atoms with Crippen LogP contribution in [-0.4, -0.2) is 4.98 Å². The van der Waals surface area contributed by atoms with Gasteiger partial charge in [0.05, 0.1) is 5.56 Å². The minimum atomic E-state index is -4.93. The maximum atomic E-state index is 13.3. The van der Waals surface area contributed by atoms with Crippen molar-refractivity contribution in [2.24, 2.45) is 0 Å². The monoisotopic (exact) mass is 287 g/mol. The maximum Gasteiger partial charge on any atom is 0.419 e. The van der Waals surface area contributed by atoms with Gasteiger partial charge in [0.15, 0.2) is 11.6 Å². The highest BCUT2D eigenvalue weighted by Gasteiger charge is 2.35. The normalized spacial score (nSPS) is 11.7. The highest BCUT2D eigenvalue weighted by atomic mass is 19.4. The van der Waals surface area contributed by atoms with E-state index < -0.39 is 23.4 Å². The summed E-state index contributed by atoms with van der Waals surface area (Å²) in [6.45, 7) is 1.80. The van der Waals surface area contributed by atoms with Gasteiger partial charge in [-0.2, -0.15) is 13.2 Å². The van der Waals surface area contributed by atoms with Crippen LogP contribution in [-0.2, 0) is 12.6 Å². The predicted molar refractivity (Wildman–Crippen MR) is 63.1 cm³/mol. The third-order valence-corrected chi connectivity index (χ3v) is 2.75. The second-order valence-electron chi connectivity index (χ2n) is 4.44. The molecular weight excluding hydrogens is 277 g/mol. The van der Waals surface area contributed by atoms with Crippen molar-refractivity contribution in [3.8, 4) is 0 Å². The van der Waals surface area contributed by atoms with E-state index in [9.17, 15) is 22.0 Å². The minimum absolute atomic E-state index is 0.00194. The number of hydrogen-bond donors (Lipinski definition) is 0. The number of halogens is 5. The molecule has 0 bridgehead atoms. The zero-order valence-corrected chi connectivity index (χ0v) is 10.4. The molecule has 0 spiro atoms. The van der Waals surface area contributed by atoms with Crippen LogP contribution in [0.4, 0.5) is 22.0 Å². The van der Waals surface area contributed by atoms with Crippen LogP contribution in [0.3, 0.4) is 0 Å². The van der Waals surface area contributed by atoms with E-state index in [4.69, 9.17) is 0 Å². The van der Waals surface area contributed by atoms with E-state index in [1.54, 1.807) is 19.1 Å². The number of benzene rings is 1. The average Bonchev–Trinajstić information content (AvgIpc) is 2.32. The smallest absolute Gasteiger partial charge is 0.261 e. The van der Waals surface area contributed by atoms with E-state index in [1.165, 1.54) is 6.20 Å². The molecule has 0 aliphatic carbocycles. The topological polar surface area (TPSA) is 12.9 Å². The molecule has 0 N–H and O–H groups in total. The van der Waals surface area contributed by atoms with Crippen molar-refractivity contribution in [3.05, 3.63) is 64.5 Å². The molecule has 0 aliphatic heterocycles. The van der Waals surface area contributed by atoms with E-state index in [1.807, 2.05) is 0 Å². The van der Waals surface area contributed by atoms with Crippen LogP contribution >= 0.6 is 0 Å². The molecule has 6 heteroatoms. The number of aromatic nitrogens is 1. The molecule has 0 radical (unpaired) electrons. The molecule has 0 fully saturated rings. The lowest BCUT2D eigenvalue weighted by molar-refractivity contribution is -0.140. The van der Waals surface area contributed by atoms with Gasteiger partial charge in [-0.25, -0.2) is 8.78 Å². The van der Waals surface area contributed by atoms with Gasteiger partial charge in [0.25, 0.3) is 0 Å². The Labute approximate surface area is 112 Å². The van der Waals surface area contributed by atoms with Crippen LogP contribution in [0.5, 0.6) is 0 Å². The van der Waals surface area contributed by atoms with Gasteiger partial charge in [0.2, 0.25) is 0 Å². The fourth-order valence-electron chi connectivity index (χ4n) is 1.86. The number of rotatable bonds is 2. The molecule has 2 rings (SSSR count). The Kier molecular flexibility index (Phi) is 3.74. The predicted octanol–water partition coefficient (Wildman–Crippen LogP) is 4.28. The Morgan fingerprint density at radius 2 is 1.80 bits per heavy atom. The summed E-state index contributed by atoms with van der Waals surface area (Å²) in [6, 6.07) is 4.78. The molecule has 106 valence electrons. The Morgan fingerprint density at radius 1 is 1.10 bits per heavy atom. The number of aryl methyl sites for hydroxylation is 1. The van der Waals surface area contributed by atoms with Crippen molar-refractivity contribution >= 4 is 0 Å². The first-order valence-corrected chi connectivity index (χ1v) is 5.74. The third-order valence-electron chi connectivity index (χ3n) is 2.75. The van der Waals surface area contributed by atoms with Gasteiger partial charge in [-0.3, -0.25) is 4.98 Å². The van der Waals surface area contributed by atoms with Crippen molar-refractivity contribution in [1.82, 2.24) is 4.98 Å². The Morgan fingerprint density at radius 3 is 2.40 bits per heavy atom. The summed E-state index contributed by atoms with van der Waals surface area (Å²) in [5, 5.41) is 0. The lowest BCUT2D eigenvalue weighted by atomic mass is 10.0. The second kappa shape index (κ2) is 5.19. The summed E-state index contributed by atoms with van der Waals surface area (Å²) in [4.78, 5) is 3.98. The van der Waals surface area contributed by atoms with Crippen LogP contribution in [0, 0.1) is 18.6 Å². The van der Waals surface area contributed by atoms with Crippen molar-refractivity contribution < 1.29 is 22.0 Å². The summed E-state index contributed by atoms with van der Waals surface area (Å²) in [7, 11) is 0. The van der Waals surface area contributed by atoms with E-state index >= 15 is 0 Å². The van der Waals surface area contributed by atoms with E-state index in [2.05, 4.69) is 4.98 Å². The van der Waals surface area contributed by atoms with Crippen LogP contribution in [0.2, 0.25) is 0 Å². The van der Waals surface area contributed by atoms with Crippen molar-refractivity contribution in [1.29, 1.82) is 0 Å². The summed E-state index contributed by atoms with van der Waals surface area (Å²) in [5.41, 5.74) is -0.202. The van der Waals surface area contributed by atoms with Crippen LogP contribution in [0.15, 0.2) is 30.5 Å². The van der Waals surface area contributed by atoms with Crippen molar-refractivity contribution in [3.63, 3.8) is 0 Å². The molecule has 2 aromatic rings. The molecular formula is C14H10F5N. The zero-order chi connectivity index (χ0) is 14.9. The molecule has 0 aliphatic rings. The number of pyridine rings is 1. The molecule has 20 heavy (non-hydrogen) atoms. The van der Waals surface area contributed by atoms with Crippen molar-refractivity contribution in [2.75, 3.05) is 0 Å². The van der Waals surface area contributed by atoms with Crippen LogP contribution in [0.25, 0.3) is 0 Å². The van der Waals surface area contributed by atoms with Gasteiger partial charge in [0, 0.05) is 18.3 Å². The molecule has 0 unspecified atom stereocenters. The van der Waals surface area contributed by atoms with Gasteiger partial charge in [0.1, 0.15) is 0 Å². The SMILES string of the molecule is Cc1ccnc(Cc2cc(F)c(F)c(C(F)(F)F)c2)c1. The summed E-state index contributed by atoms with van der Waals surface area (Å²) in [5.74, 6) is -3.39. The lowest BCUT2D eigenvalue weighted by Gasteiger charge is -2.11. The molecule has 1 aromatic heterocycles. The van der Waals surface area contributed by atoms with Crippen LogP contribution < -0.4 is 0 Å². The average molecular weight is 287 g/mol. The quantitative estimate of drug-likeness (QED) is 0.751. The highest BCUT2D eigenvalue weighted by Crippen LogP contribution is 2.33. The summed E-state index contributed by atoms with van der Waals surface area (Å²) >= 11 is 0. The largest absolute Gasteiger partial charge is 0.419 e. The zero-order valence-electron chi connectivity index (χ0n) is 10.4.